The second kappa shape index (κ2) is 5.02. The molecule has 4 nitrogen and oxygen atoms in total. The Morgan fingerprint density at radius 2 is 2.25 bits per heavy atom. The molecule has 1 rings (SSSR count). The van der Waals surface area contributed by atoms with Crippen LogP contribution in [0.3, 0.4) is 0 Å². The minimum absolute atomic E-state index is 0.172. The van der Waals surface area contributed by atoms with Gasteiger partial charge in [-0.1, -0.05) is 0 Å². The number of aryl methyl sites for hydroxylation is 1. The summed E-state index contributed by atoms with van der Waals surface area (Å²) in [5.74, 6) is -0.609. The lowest BCUT2D eigenvalue weighted by Crippen LogP contribution is -2.12. The molecule has 0 saturated heterocycles. The smallest absolute Gasteiger partial charge is 0.390 e. The number of alkyl halides is 3. The Balaban J connectivity index is 2.74. The van der Waals surface area contributed by atoms with Crippen LogP contribution in [0.5, 0.6) is 0 Å². The molecule has 8 heteroatoms. The monoisotopic (exact) mass is 348 g/mol. The molecule has 0 fully saturated rings. The van der Waals surface area contributed by atoms with Gasteiger partial charge in [0.25, 0.3) is 0 Å². The first kappa shape index (κ1) is 13.3. The summed E-state index contributed by atoms with van der Waals surface area (Å²) in [5.41, 5.74) is 0.172. The molecule has 0 atom stereocenters. The third kappa shape index (κ3) is 3.65. The van der Waals surface area contributed by atoms with Crippen molar-refractivity contribution in [3.05, 3.63) is 15.5 Å². The fraction of sp³-hybridized carbons (Fsp3) is 0.500. The molecule has 16 heavy (non-hydrogen) atoms. The molecule has 0 amide bonds. The van der Waals surface area contributed by atoms with Crippen molar-refractivity contribution >= 4 is 28.6 Å². The number of esters is 1. The predicted molar refractivity (Wildman–Crippen MR) is 57.0 cm³/mol. The first-order valence-corrected chi connectivity index (χ1v) is 5.29. The van der Waals surface area contributed by atoms with Gasteiger partial charge in [-0.3, -0.25) is 4.68 Å². The van der Waals surface area contributed by atoms with Crippen LogP contribution in [-0.2, 0) is 11.3 Å². The molecule has 1 aromatic heterocycles. The molecule has 0 bridgehead atoms. The number of nitrogens with zero attached hydrogens (tertiary/aromatic N) is 2. The summed E-state index contributed by atoms with van der Waals surface area (Å²) in [6.45, 7) is -0.309. The normalized spacial score (nSPS) is 11.6. The van der Waals surface area contributed by atoms with E-state index in [-0.39, 0.29) is 12.1 Å². The van der Waals surface area contributed by atoms with E-state index in [1.54, 1.807) is 22.6 Å². The highest BCUT2D eigenvalue weighted by Crippen LogP contribution is 2.20. The van der Waals surface area contributed by atoms with Crippen molar-refractivity contribution in [3.8, 4) is 0 Å². The molecule has 0 aliphatic rings. The second-order valence-corrected chi connectivity index (χ2v) is 3.98. The molecule has 0 unspecified atom stereocenters. The van der Waals surface area contributed by atoms with Crippen LogP contribution in [0.2, 0.25) is 0 Å². The molecule has 0 aliphatic carbocycles. The summed E-state index contributed by atoms with van der Waals surface area (Å²) in [6, 6.07) is 0. The average molecular weight is 348 g/mol. The maximum absolute atomic E-state index is 11.9. The van der Waals surface area contributed by atoms with E-state index >= 15 is 0 Å². The molecule has 90 valence electrons. The van der Waals surface area contributed by atoms with Gasteiger partial charge in [0.05, 0.1) is 13.5 Å². The van der Waals surface area contributed by atoms with Gasteiger partial charge in [0.15, 0.2) is 0 Å². The zero-order valence-electron chi connectivity index (χ0n) is 8.21. The molecule has 0 aromatic carbocycles. The van der Waals surface area contributed by atoms with Crippen LogP contribution >= 0.6 is 22.6 Å². The van der Waals surface area contributed by atoms with Gasteiger partial charge in [-0.25, -0.2) is 4.79 Å². The van der Waals surface area contributed by atoms with Crippen molar-refractivity contribution in [1.29, 1.82) is 0 Å². The molecule has 0 aliphatic heterocycles. The average Bonchev–Trinajstić information content (AvgIpc) is 2.55. The van der Waals surface area contributed by atoms with Gasteiger partial charge in [0.2, 0.25) is 0 Å². The van der Waals surface area contributed by atoms with E-state index in [0.29, 0.717) is 3.70 Å². The first-order valence-electron chi connectivity index (χ1n) is 4.21. The van der Waals surface area contributed by atoms with Crippen molar-refractivity contribution in [1.82, 2.24) is 9.78 Å². The van der Waals surface area contributed by atoms with Gasteiger partial charge >= 0.3 is 12.1 Å². The largest absolute Gasteiger partial charge is 0.465 e. The molecule has 0 N–H and O–H groups in total. The standard InChI is InChI=1S/C8H8F3IN2O2/c1-16-7(15)5-4-14(13-6(5)12)3-2-8(9,10)11/h4H,2-3H2,1H3. The van der Waals surface area contributed by atoms with Crippen LogP contribution in [0.1, 0.15) is 16.8 Å². The summed E-state index contributed by atoms with van der Waals surface area (Å²) in [7, 11) is 1.20. The number of halogens is 4. The highest BCUT2D eigenvalue weighted by atomic mass is 127. The number of carbonyl (C=O) groups excluding carboxylic acids is 1. The maximum Gasteiger partial charge on any atom is 0.390 e. The van der Waals surface area contributed by atoms with E-state index in [4.69, 9.17) is 0 Å². The van der Waals surface area contributed by atoms with Crippen molar-refractivity contribution in [3.63, 3.8) is 0 Å². The van der Waals surface area contributed by atoms with Crippen LogP contribution in [0.4, 0.5) is 13.2 Å². The lowest BCUT2D eigenvalue weighted by atomic mass is 10.4. The number of methoxy groups -OCH3 is 1. The van der Waals surface area contributed by atoms with Gasteiger partial charge in [-0.2, -0.15) is 18.3 Å². The zero-order chi connectivity index (χ0) is 12.3. The molecular formula is C8H8F3IN2O2. The van der Waals surface area contributed by atoms with E-state index in [1.165, 1.54) is 13.3 Å². The first-order chi connectivity index (χ1) is 7.33. The van der Waals surface area contributed by atoms with Crippen molar-refractivity contribution < 1.29 is 22.7 Å². The topological polar surface area (TPSA) is 44.1 Å². The third-order valence-corrected chi connectivity index (χ3v) is 2.54. The minimum Gasteiger partial charge on any atom is -0.465 e. The quantitative estimate of drug-likeness (QED) is 0.622. The number of ether oxygens (including phenoxy) is 1. The van der Waals surface area contributed by atoms with Gasteiger partial charge in [-0.05, 0) is 22.6 Å². The lowest BCUT2D eigenvalue weighted by Gasteiger charge is -2.05. The van der Waals surface area contributed by atoms with E-state index in [0.717, 1.165) is 4.68 Å². The van der Waals surface area contributed by atoms with Gasteiger partial charge < -0.3 is 4.74 Å². The van der Waals surface area contributed by atoms with E-state index in [1.807, 2.05) is 0 Å². The molecular weight excluding hydrogens is 340 g/mol. The number of hydrogen-bond donors (Lipinski definition) is 0. The lowest BCUT2D eigenvalue weighted by molar-refractivity contribution is -0.137. The van der Waals surface area contributed by atoms with Gasteiger partial charge in [0.1, 0.15) is 9.26 Å². The summed E-state index contributed by atoms with van der Waals surface area (Å²) in [6.07, 6.45) is -3.96. The summed E-state index contributed by atoms with van der Waals surface area (Å²) in [4.78, 5) is 11.1. The minimum atomic E-state index is -4.23. The molecule has 0 radical (unpaired) electrons. The van der Waals surface area contributed by atoms with Crippen LogP contribution in [0, 0.1) is 3.70 Å². The van der Waals surface area contributed by atoms with Crippen LogP contribution < -0.4 is 0 Å². The number of rotatable bonds is 3. The third-order valence-electron chi connectivity index (χ3n) is 1.75. The number of carbonyl (C=O) groups is 1. The Kier molecular flexibility index (Phi) is 4.16. The molecule has 1 heterocycles. The Bertz CT molecular complexity index is 389. The second-order valence-electron chi connectivity index (χ2n) is 2.95. The summed E-state index contributed by atoms with van der Waals surface area (Å²) in [5, 5.41) is 3.79. The van der Waals surface area contributed by atoms with Crippen LogP contribution in [-0.4, -0.2) is 29.0 Å². The van der Waals surface area contributed by atoms with E-state index in [9.17, 15) is 18.0 Å². The van der Waals surface area contributed by atoms with Crippen LogP contribution in [0.15, 0.2) is 6.20 Å². The van der Waals surface area contributed by atoms with E-state index < -0.39 is 18.6 Å². The highest BCUT2D eigenvalue weighted by molar-refractivity contribution is 14.1. The predicted octanol–water partition coefficient (Wildman–Crippen LogP) is 2.23. The summed E-state index contributed by atoms with van der Waals surface area (Å²) < 4.78 is 41.7. The van der Waals surface area contributed by atoms with Crippen molar-refractivity contribution in [2.45, 2.75) is 19.1 Å². The maximum atomic E-state index is 11.9. The number of hydrogen-bond acceptors (Lipinski definition) is 3. The molecule has 0 saturated carbocycles. The zero-order valence-corrected chi connectivity index (χ0v) is 10.4. The van der Waals surface area contributed by atoms with Crippen molar-refractivity contribution in [2.75, 3.05) is 7.11 Å². The van der Waals surface area contributed by atoms with Gasteiger partial charge in [0, 0.05) is 12.7 Å². The van der Waals surface area contributed by atoms with Gasteiger partial charge in [-0.15, -0.1) is 0 Å². The Morgan fingerprint density at radius 1 is 1.62 bits per heavy atom. The highest BCUT2D eigenvalue weighted by Gasteiger charge is 2.27. The van der Waals surface area contributed by atoms with Crippen LogP contribution in [0.25, 0.3) is 0 Å². The van der Waals surface area contributed by atoms with E-state index in [2.05, 4.69) is 9.84 Å². The summed E-state index contributed by atoms with van der Waals surface area (Å²) >= 11 is 1.77. The molecule has 0 spiro atoms. The Morgan fingerprint density at radius 3 is 2.75 bits per heavy atom. The Hall–Kier alpha value is -0.800. The van der Waals surface area contributed by atoms with Crippen molar-refractivity contribution in [2.24, 2.45) is 0 Å². The Labute approximate surface area is 103 Å². The SMILES string of the molecule is COC(=O)c1cn(CCC(F)(F)F)nc1I. The number of aromatic nitrogens is 2. The fourth-order valence-corrected chi connectivity index (χ4v) is 1.64. The molecule has 1 aromatic rings. The fourth-order valence-electron chi connectivity index (χ4n) is 1.00.